The third-order valence-corrected chi connectivity index (χ3v) is 5.20. The second kappa shape index (κ2) is 6.95. The lowest BCUT2D eigenvalue weighted by Crippen LogP contribution is -2.47. The van der Waals surface area contributed by atoms with Crippen molar-refractivity contribution in [3.63, 3.8) is 0 Å². The maximum absolute atomic E-state index is 12.9. The van der Waals surface area contributed by atoms with Crippen LogP contribution < -0.4 is 5.73 Å². The van der Waals surface area contributed by atoms with Crippen LogP contribution in [-0.2, 0) is 4.74 Å². The van der Waals surface area contributed by atoms with Crippen LogP contribution in [0.1, 0.15) is 36.9 Å². The van der Waals surface area contributed by atoms with Crippen LogP contribution in [0.2, 0.25) is 0 Å². The van der Waals surface area contributed by atoms with Crippen molar-refractivity contribution in [3.05, 3.63) is 48.2 Å². The van der Waals surface area contributed by atoms with Gasteiger partial charge in [-0.2, -0.15) is 0 Å². The molecule has 1 aliphatic rings. The first-order valence-electron chi connectivity index (χ1n) is 8.76. The van der Waals surface area contributed by atoms with E-state index in [1.165, 1.54) is 23.9 Å². The molecule has 154 valence electrons. The minimum atomic E-state index is -2.82. The maximum Gasteiger partial charge on any atom is 0.280 e. The number of pyridine rings is 1. The number of aliphatic hydroxyl groups is 3. The predicted octanol–water partition coefficient (Wildman–Crippen LogP) is 1.09. The molecule has 11 heteroatoms. The van der Waals surface area contributed by atoms with Gasteiger partial charge in [-0.05, 0) is 30.7 Å². The summed E-state index contributed by atoms with van der Waals surface area (Å²) in [6.07, 6.45) is -4.23. The van der Waals surface area contributed by atoms with Crippen molar-refractivity contribution in [2.24, 2.45) is 0 Å². The second-order valence-corrected chi connectivity index (χ2v) is 7.10. The van der Waals surface area contributed by atoms with Gasteiger partial charge in [0, 0.05) is 12.4 Å². The molecule has 29 heavy (non-hydrogen) atoms. The second-order valence-electron chi connectivity index (χ2n) is 7.10. The van der Waals surface area contributed by atoms with E-state index >= 15 is 0 Å². The molecule has 1 fully saturated rings. The molecule has 4 heterocycles. The van der Waals surface area contributed by atoms with Crippen LogP contribution in [0, 0.1) is 0 Å². The monoisotopic (exact) mass is 407 g/mol. The number of nitrogens with zero attached hydrogens (tertiary/aromatic N) is 4. The Bertz CT molecular complexity index is 1040. The maximum atomic E-state index is 12.9. The number of rotatable bonds is 4. The van der Waals surface area contributed by atoms with E-state index in [9.17, 15) is 24.1 Å². The first-order valence-corrected chi connectivity index (χ1v) is 8.76. The average molecular weight is 407 g/mol. The normalized spacial score (nSPS) is 28.3. The highest BCUT2D eigenvalue weighted by atomic mass is 19.3. The molecular formula is C18H19F2N5O4. The van der Waals surface area contributed by atoms with E-state index in [1.807, 2.05) is 0 Å². The standard InChI is InChI=1S/C18H19F2N5O4/c1-18(28)12(27)17(25-5-3-9-15(21)23-7-24-16(9)25)29-13(18)11(26)8-2-4-22-10(6-8)14(19)20/h2-7,11-14,17,26-28H,1H3,(H2,21,23,24)/t11-,12-,13+,17+,18-/m0/s1. The SMILES string of the molecule is C[C@@]1(O)[C@@H]([C@@H](O)c2ccnc(C(F)F)c2)O[C@@H](n2ccc3c(N)ncnc32)[C@@H]1O. The first-order chi connectivity index (χ1) is 13.7. The topological polar surface area (TPSA) is 140 Å². The van der Waals surface area contributed by atoms with E-state index in [4.69, 9.17) is 10.5 Å². The molecule has 5 N–H and O–H groups in total. The lowest BCUT2D eigenvalue weighted by molar-refractivity contribution is -0.115. The van der Waals surface area contributed by atoms with Crippen LogP contribution in [0.5, 0.6) is 0 Å². The number of aliphatic hydroxyl groups excluding tert-OH is 2. The zero-order valence-electron chi connectivity index (χ0n) is 15.2. The third-order valence-electron chi connectivity index (χ3n) is 5.20. The van der Waals surface area contributed by atoms with Crippen LogP contribution >= 0.6 is 0 Å². The number of hydrogen-bond donors (Lipinski definition) is 4. The highest BCUT2D eigenvalue weighted by molar-refractivity contribution is 5.86. The Kier molecular flexibility index (Phi) is 4.69. The summed E-state index contributed by atoms with van der Waals surface area (Å²) >= 11 is 0. The Hall–Kier alpha value is -2.73. The van der Waals surface area contributed by atoms with Crippen LogP contribution in [0.3, 0.4) is 0 Å². The predicted molar refractivity (Wildman–Crippen MR) is 96.6 cm³/mol. The smallest absolute Gasteiger partial charge is 0.280 e. The van der Waals surface area contributed by atoms with Gasteiger partial charge < -0.3 is 30.4 Å². The number of fused-ring (bicyclic) bond motifs is 1. The minimum Gasteiger partial charge on any atom is -0.386 e. The molecule has 9 nitrogen and oxygen atoms in total. The van der Waals surface area contributed by atoms with E-state index in [0.717, 1.165) is 12.3 Å². The molecule has 3 aromatic rings. The van der Waals surface area contributed by atoms with Crippen LogP contribution in [-0.4, -0.2) is 52.6 Å². The molecule has 1 saturated heterocycles. The molecule has 0 aliphatic carbocycles. The van der Waals surface area contributed by atoms with Gasteiger partial charge in [0.05, 0.1) is 5.39 Å². The van der Waals surface area contributed by atoms with E-state index in [2.05, 4.69) is 15.0 Å². The summed E-state index contributed by atoms with van der Waals surface area (Å²) in [4.78, 5) is 11.6. The molecule has 0 bridgehead atoms. The lowest BCUT2D eigenvalue weighted by atomic mass is 9.88. The number of anilines is 1. The van der Waals surface area contributed by atoms with Crippen LogP contribution in [0.25, 0.3) is 11.0 Å². The Morgan fingerprint density at radius 1 is 1.28 bits per heavy atom. The Balaban J connectivity index is 1.69. The molecule has 0 aromatic carbocycles. The number of ether oxygens (including phenoxy) is 1. The zero-order chi connectivity index (χ0) is 20.9. The van der Waals surface area contributed by atoms with Crippen LogP contribution in [0.4, 0.5) is 14.6 Å². The lowest BCUT2D eigenvalue weighted by Gasteiger charge is -2.29. The quantitative estimate of drug-likeness (QED) is 0.504. The summed E-state index contributed by atoms with van der Waals surface area (Å²) in [7, 11) is 0. The molecule has 3 aromatic heterocycles. The van der Waals surface area contributed by atoms with Gasteiger partial charge in [0.25, 0.3) is 6.43 Å². The Morgan fingerprint density at radius 2 is 2.03 bits per heavy atom. The first kappa shape index (κ1) is 19.6. The van der Waals surface area contributed by atoms with Crippen molar-refractivity contribution in [3.8, 4) is 0 Å². The largest absolute Gasteiger partial charge is 0.386 e. The van der Waals surface area contributed by atoms with Gasteiger partial charge >= 0.3 is 0 Å². The number of nitrogens with two attached hydrogens (primary N) is 1. The average Bonchev–Trinajstić information content (AvgIpc) is 3.22. The van der Waals surface area contributed by atoms with Crippen molar-refractivity contribution < 1.29 is 28.8 Å². The van der Waals surface area contributed by atoms with Gasteiger partial charge in [-0.3, -0.25) is 4.98 Å². The highest BCUT2D eigenvalue weighted by Gasteiger charge is 2.55. The van der Waals surface area contributed by atoms with Gasteiger partial charge in [0.15, 0.2) is 6.23 Å². The molecule has 0 unspecified atom stereocenters. The molecular weight excluding hydrogens is 388 g/mol. The summed E-state index contributed by atoms with van der Waals surface area (Å²) in [5.74, 6) is 0.237. The van der Waals surface area contributed by atoms with Gasteiger partial charge in [-0.1, -0.05) is 0 Å². The summed E-state index contributed by atoms with van der Waals surface area (Å²) in [6, 6.07) is 4.01. The van der Waals surface area contributed by atoms with Gasteiger partial charge in [0.1, 0.15) is 47.4 Å². The van der Waals surface area contributed by atoms with Gasteiger partial charge in [-0.25, -0.2) is 18.7 Å². The molecule has 1 aliphatic heterocycles. The summed E-state index contributed by atoms with van der Waals surface area (Å²) in [5.41, 5.74) is 3.87. The molecule has 0 spiro atoms. The van der Waals surface area contributed by atoms with E-state index in [1.54, 1.807) is 12.3 Å². The van der Waals surface area contributed by atoms with E-state index in [0.29, 0.717) is 11.0 Å². The van der Waals surface area contributed by atoms with Crippen molar-refractivity contribution in [2.45, 2.75) is 43.5 Å². The molecule has 5 atom stereocenters. The number of aromatic nitrogens is 4. The molecule has 0 amide bonds. The molecule has 0 radical (unpaired) electrons. The van der Waals surface area contributed by atoms with Crippen LogP contribution in [0.15, 0.2) is 36.9 Å². The van der Waals surface area contributed by atoms with Crippen molar-refractivity contribution in [1.82, 2.24) is 19.5 Å². The number of alkyl halides is 2. The van der Waals surface area contributed by atoms with E-state index in [-0.39, 0.29) is 11.4 Å². The minimum absolute atomic E-state index is 0.0809. The number of halogens is 2. The number of hydrogen-bond acceptors (Lipinski definition) is 8. The van der Waals surface area contributed by atoms with Crippen molar-refractivity contribution >= 4 is 16.9 Å². The van der Waals surface area contributed by atoms with Gasteiger partial charge in [-0.15, -0.1) is 0 Å². The fourth-order valence-corrected chi connectivity index (χ4v) is 3.57. The summed E-state index contributed by atoms with van der Waals surface area (Å²) < 4.78 is 33.2. The summed E-state index contributed by atoms with van der Waals surface area (Å²) in [6.45, 7) is 1.30. The fraction of sp³-hybridized carbons (Fsp3) is 0.389. The highest BCUT2D eigenvalue weighted by Crippen LogP contribution is 2.43. The molecule has 0 saturated carbocycles. The molecule has 4 rings (SSSR count). The Morgan fingerprint density at radius 3 is 2.76 bits per heavy atom. The Labute approximate surface area is 163 Å². The van der Waals surface area contributed by atoms with Gasteiger partial charge in [0.2, 0.25) is 0 Å². The summed E-state index contributed by atoms with van der Waals surface area (Å²) in [5, 5.41) is 32.8. The number of nitrogen functional groups attached to an aromatic ring is 1. The van der Waals surface area contributed by atoms with Crippen molar-refractivity contribution in [1.29, 1.82) is 0 Å². The fourth-order valence-electron chi connectivity index (χ4n) is 3.57. The van der Waals surface area contributed by atoms with Crippen molar-refractivity contribution in [2.75, 3.05) is 5.73 Å². The zero-order valence-corrected chi connectivity index (χ0v) is 15.2. The van der Waals surface area contributed by atoms with E-state index < -0.39 is 42.3 Å². The third kappa shape index (κ3) is 3.12.